The maximum absolute atomic E-state index is 11.4. The molecule has 1 unspecified atom stereocenters. The van der Waals surface area contributed by atoms with Gasteiger partial charge in [-0.25, -0.2) is 0 Å². The van der Waals surface area contributed by atoms with Crippen LogP contribution >= 0.6 is 11.3 Å². The van der Waals surface area contributed by atoms with Crippen LogP contribution in [-0.4, -0.2) is 40.8 Å². The zero-order chi connectivity index (χ0) is 11.4. The summed E-state index contributed by atoms with van der Waals surface area (Å²) in [6.45, 7) is 5.51. The molecule has 0 saturated carbocycles. The zero-order valence-electron chi connectivity index (χ0n) is 9.43. The SMILES string of the molecule is Cc1csc(=O)n1CCN(C)C(C)CO. The first-order chi connectivity index (χ1) is 7.06. The van der Waals surface area contributed by atoms with E-state index in [1.54, 1.807) is 4.57 Å². The fraction of sp³-hybridized carbons (Fsp3) is 0.700. The second kappa shape index (κ2) is 5.44. The third kappa shape index (κ3) is 3.15. The van der Waals surface area contributed by atoms with E-state index >= 15 is 0 Å². The summed E-state index contributed by atoms with van der Waals surface area (Å²) in [4.78, 5) is 13.5. The molecule has 0 aliphatic heterocycles. The van der Waals surface area contributed by atoms with E-state index in [0.29, 0.717) is 6.54 Å². The number of nitrogens with zero attached hydrogens (tertiary/aromatic N) is 2. The number of hydrogen-bond acceptors (Lipinski definition) is 4. The molecule has 1 heterocycles. The third-order valence-electron chi connectivity index (χ3n) is 2.67. The fourth-order valence-corrected chi connectivity index (χ4v) is 2.05. The average Bonchev–Trinajstić information content (AvgIpc) is 2.54. The van der Waals surface area contributed by atoms with Crippen molar-refractivity contribution in [2.75, 3.05) is 20.2 Å². The lowest BCUT2D eigenvalue weighted by molar-refractivity contribution is 0.155. The van der Waals surface area contributed by atoms with Crippen molar-refractivity contribution in [3.05, 3.63) is 20.7 Å². The minimum absolute atomic E-state index is 0.0950. The van der Waals surface area contributed by atoms with Crippen LogP contribution in [0.3, 0.4) is 0 Å². The van der Waals surface area contributed by atoms with E-state index in [9.17, 15) is 4.79 Å². The fourth-order valence-electron chi connectivity index (χ4n) is 1.29. The van der Waals surface area contributed by atoms with Crippen molar-refractivity contribution < 1.29 is 5.11 Å². The Labute approximate surface area is 93.8 Å². The second-order valence-corrected chi connectivity index (χ2v) is 4.63. The van der Waals surface area contributed by atoms with Gasteiger partial charge in [0.2, 0.25) is 0 Å². The van der Waals surface area contributed by atoms with Gasteiger partial charge in [0.05, 0.1) is 6.61 Å². The zero-order valence-corrected chi connectivity index (χ0v) is 10.3. The standard InChI is InChI=1S/C10H18N2O2S/c1-8(6-13)11(3)4-5-12-9(2)7-15-10(12)14/h7-8,13H,4-6H2,1-3H3. The molecule has 0 aliphatic carbocycles. The summed E-state index contributed by atoms with van der Waals surface area (Å²) in [5, 5.41) is 10.8. The van der Waals surface area contributed by atoms with Crippen LogP contribution < -0.4 is 4.87 Å². The third-order valence-corrected chi connectivity index (χ3v) is 3.55. The molecular weight excluding hydrogens is 212 g/mol. The van der Waals surface area contributed by atoms with Crippen molar-refractivity contribution in [2.45, 2.75) is 26.4 Å². The molecule has 0 bridgehead atoms. The number of aryl methyl sites for hydroxylation is 1. The molecule has 0 saturated heterocycles. The summed E-state index contributed by atoms with van der Waals surface area (Å²) in [6, 6.07) is 0.139. The highest BCUT2D eigenvalue weighted by atomic mass is 32.1. The van der Waals surface area contributed by atoms with Crippen molar-refractivity contribution >= 4 is 11.3 Å². The van der Waals surface area contributed by atoms with Gasteiger partial charge in [0.1, 0.15) is 0 Å². The number of hydrogen-bond donors (Lipinski definition) is 1. The molecule has 0 aromatic carbocycles. The Hall–Kier alpha value is -0.650. The molecule has 0 amide bonds. The number of aromatic nitrogens is 1. The van der Waals surface area contributed by atoms with Gasteiger partial charge in [0.25, 0.3) is 0 Å². The summed E-state index contributed by atoms with van der Waals surface area (Å²) in [7, 11) is 1.95. The number of likely N-dealkylation sites (N-methyl/N-ethyl adjacent to an activating group) is 1. The van der Waals surface area contributed by atoms with Crippen LogP contribution in [0.25, 0.3) is 0 Å². The van der Waals surface area contributed by atoms with Crippen molar-refractivity contribution in [1.82, 2.24) is 9.47 Å². The second-order valence-electron chi connectivity index (χ2n) is 3.81. The predicted molar refractivity (Wildman–Crippen MR) is 62.5 cm³/mol. The quantitative estimate of drug-likeness (QED) is 0.802. The lowest BCUT2D eigenvalue weighted by Gasteiger charge is -2.22. The predicted octanol–water partition coefficient (Wildman–Crippen LogP) is 0.531. The molecule has 0 aliphatic rings. The Balaban J connectivity index is 2.54. The molecule has 0 spiro atoms. The Morgan fingerprint density at radius 3 is 2.80 bits per heavy atom. The molecule has 0 fully saturated rings. The maximum Gasteiger partial charge on any atom is 0.307 e. The van der Waals surface area contributed by atoms with Crippen LogP contribution in [0.15, 0.2) is 10.2 Å². The van der Waals surface area contributed by atoms with Crippen molar-refractivity contribution in [2.24, 2.45) is 0 Å². The van der Waals surface area contributed by atoms with Crippen LogP contribution in [-0.2, 0) is 6.54 Å². The van der Waals surface area contributed by atoms with Crippen molar-refractivity contribution in [3.8, 4) is 0 Å². The normalized spacial score (nSPS) is 13.4. The smallest absolute Gasteiger partial charge is 0.307 e. The Morgan fingerprint density at radius 1 is 1.67 bits per heavy atom. The molecule has 1 aromatic heterocycles. The summed E-state index contributed by atoms with van der Waals surface area (Å²) in [6.07, 6.45) is 0. The van der Waals surface area contributed by atoms with E-state index in [1.807, 2.05) is 31.2 Å². The lowest BCUT2D eigenvalue weighted by Crippen LogP contribution is -2.35. The Kier molecular flexibility index (Phi) is 4.50. The molecule has 4 nitrogen and oxygen atoms in total. The first-order valence-electron chi connectivity index (χ1n) is 5.02. The molecule has 1 rings (SSSR count). The maximum atomic E-state index is 11.4. The van der Waals surface area contributed by atoms with Gasteiger partial charge < -0.3 is 9.67 Å². The molecular formula is C10H18N2O2S. The van der Waals surface area contributed by atoms with Crippen molar-refractivity contribution in [1.29, 1.82) is 0 Å². The summed E-state index contributed by atoms with van der Waals surface area (Å²) >= 11 is 1.24. The number of thiazole rings is 1. The molecule has 1 atom stereocenters. The molecule has 1 aromatic rings. The van der Waals surface area contributed by atoms with Gasteiger partial charge in [-0.2, -0.15) is 0 Å². The topological polar surface area (TPSA) is 45.5 Å². The van der Waals surface area contributed by atoms with E-state index in [2.05, 4.69) is 0 Å². The van der Waals surface area contributed by atoms with Gasteiger partial charge in [-0.05, 0) is 20.9 Å². The molecule has 15 heavy (non-hydrogen) atoms. The summed E-state index contributed by atoms with van der Waals surface area (Å²) in [5.41, 5.74) is 1.01. The highest BCUT2D eigenvalue weighted by Gasteiger charge is 2.09. The molecule has 86 valence electrons. The Morgan fingerprint density at radius 2 is 2.33 bits per heavy atom. The van der Waals surface area contributed by atoms with Crippen LogP contribution in [0.4, 0.5) is 0 Å². The minimum Gasteiger partial charge on any atom is -0.395 e. The summed E-state index contributed by atoms with van der Waals surface area (Å²) in [5.74, 6) is 0. The van der Waals surface area contributed by atoms with Crippen LogP contribution in [0, 0.1) is 6.92 Å². The van der Waals surface area contributed by atoms with Gasteiger partial charge in [-0.15, -0.1) is 0 Å². The highest BCUT2D eigenvalue weighted by Crippen LogP contribution is 2.01. The van der Waals surface area contributed by atoms with Gasteiger partial charge >= 0.3 is 4.87 Å². The van der Waals surface area contributed by atoms with Gasteiger partial charge in [0, 0.05) is 30.2 Å². The largest absolute Gasteiger partial charge is 0.395 e. The van der Waals surface area contributed by atoms with Gasteiger partial charge in [0.15, 0.2) is 0 Å². The first kappa shape index (κ1) is 12.4. The highest BCUT2D eigenvalue weighted by molar-refractivity contribution is 7.07. The molecule has 1 N–H and O–H groups in total. The number of rotatable bonds is 5. The van der Waals surface area contributed by atoms with E-state index in [0.717, 1.165) is 12.2 Å². The average molecular weight is 230 g/mol. The lowest BCUT2D eigenvalue weighted by atomic mass is 10.3. The van der Waals surface area contributed by atoms with Crippen LogP contribution in [0.1, 0.15) is 12.6 Å². The van der Waals surface area contributed by atoms with E-state index in [-0.39, 0.29) is 17.5 Å². The van der Waals surface area contributed by atoms with Crippen LogP contribution in [0.2, 0.25) is 0 Å². The summed E-state index contributed by atoms with van der Waals surface area (Å²) < 4.78 is 1.77. The van der Waals surface area contributed by atoms with Gasteiger partial charge in [-0.3, -0.25) is 9.69 Å². The molecule has 0 radical (unpaired) electrons. The number of aliphatic hydroxyl groups excluding tert-OH is 1. The van der Waals surface area contributed by atoms with Crippen LogP contribution in [0.5, 0.6) is 0 Å². The van der Waals surface area contributed by atoms with E-state index in [1.165, 1.54) is 11.3 Å². The molecule has 5 heteroatoms. The Bertz CT molecular complexity index is 359. The first-order valence-corrected chi connectivity index (χ1v) is 5.90. The number of aliphatic hydroxyl groups is 1. The minimum atomic E-state index is 0.0950. The van der Waals surface area contributed by atoms with E-state index < -0.39 is 0 Å². The monoisotopic (exact) mass is 230 g/mol. The van der Waals surface area contributed by atoms with E-state index in [4.69, 9.17) is 5.11 Å². The van der Waals surface area contributed by atoms with Crippen molar-refractivity contribution in [3.63, 3.8) is 0 Å². The van der Waals surface area contributed by atoms with Gasteiger partial charge in [-0.1, -0.05) is 11.3 Å².